The first kappa shape index (κ1) is 22.5. The molecule has 1 amide bonds. The van der Waals surface area contributed by atoms with Crippen LogP contribution in [0.25, 0.3) is 33.5 Å². The maximum atomic E-state index is 13.2. The molecule has 184 valence electrons. The predicted molar refractivity (Wildman–Crippen MR) is 138 cm³/mol. The molecule has 0 radical (unpaired) electrons. The Morgan fingerprint density at radius 2 is 1.97 bits per heavy atom. The van der Waals surface area contributed by atoms with E-state index in [1.807, 2.05) is 44.7 Å². The van der Waals surface area contributed by atoms with Gasteiger partial charge < -0.3 is 19.8 Å². The second-order valence-corrected chi connectivity index (χ2v) is 9.60. The van der Waals surface area contributed by atoms with Gasteiger partial charge in [0.1, 0.15) is 6.67 Å². The number of para-hydroxylation sites is 1. The minimum Gasteiger partial charge on any atom is -0.337 e. The smallest absolute Gasteiger partial charge is 0.254 e. The number of hydrogen-bond acceptors (Lipinski definition) is 4. The van der Waals surface area contributed by atoms with Crippen molar-refractivity contribution in [2.24, 2.45) is 19.8 Å². The van der Waals surface area contributed by atoms with Crippen LogP contribution in [0.4, 0.5) is 4.39 Å². The lowest BCUT2D eigenvalue weighted by molar-refractivity contribution is 0.0725. The summed E-state index contributed by atoms with van der Waals surface area (Å²) in [4.78, 5) is 19.8. The molecular weight excluding hydrogens is 457 g/mol. The molecule has 1 aliphatic heterocycles. The summed E-state index contributed by atoms with van der Waals surface area (Å²) in [6, 6.07) is 13.7. The van der Waals surface area contributed by atoms with E-state index in [2.05, 4.69) is 38.5 Å². The summed E-state index contributed by atoms with van der Waals surface area (Å²) >= 11 is 0. The number of fused-ring (bicyclic) bond motifs is 3. The summed E-state index contributed by atoms with van der Waals surface area (Å²) in [7, 11) is 3.93. The number of nitrogens with zero attached hydrogens (tertiary/aromatic N) is 6. The van der Waals surface area contributed by atoms with Gasteiger partial charge in [0, 0.05) is 55.4 Å². The van der Waals surface area contributed by atoms with Crippen LogP contribution in [-0.4, -0.2) is 60.5 Å². The molecule has 0 bridgehead atoms. The molecular formula is C27H28FN7O. The summed E-state index contributed by atoms with van der Waals surface area (Å²) in [5, 5.41) is 5.47. The van der Waals surface area contributed by atoms with E-state index in [0.29, 0.717) is 25.1 Å². The molecule has 4 heterocycles. The third kappa shape index (κ3) is 3.67. The van der Waals surface area contributed by atoms with E-state index < -0.39 is 12.7 Å². The van der Waals surface area contributed by atoms with E-state index in [9.17, 15) is 9.18 Å². The first-order chi connectivity index (χ1) is 17.4. The van der Waals surface area contributed by atoms with Crippen molar-refractivity contribution in [1.82, 2.24) is 28.8 Å². The monoisotopic (exact) mass is 485 g/mol. The van der Waals surface area contributed by atoms with Gasteiger partial charge in [-0.2, -0.15) is 5.10 Å². The van der Waals surface area contributed by atoms with Crippen molar-refractivity contribution in [2.75, 3.05) is 19.8 Å². The molecule has 0 saturated carbocycles. The molecule has 0 fully saturated rings. The van der Waals surface area contributed by atoms with E-state index >= 15 is 0 Å². The van der Waals surface area contributed by atoms with Crippen LogP contribution >= 0.6 is 0 Å². The maximum absolute atomic E-state index is 13.2. The Hall–Kier alpha value is -3.98. The lowest BCUT2D eigenvalue weighted by atomic mass is 9.97. The number of aromatic nitrogens is 5. The SMILES string of the molecule is Cn1cc(Cn2c(-c3nc4cc5c(cc4n3C)CCN(C[C@H](N)CF)C5=O)cc3ccccc32)cn1. The number of nitrogens with two attached hydrogens (primary N) is 1. The van der Waals surface area contributed by atoms with Crippen LogP contribution in [0.5, 0.6) is 0 Å². The molecule has 9 heteroatoms. The molecule has 0 spiro atoms. The summed E-state index contributed by atoms with van der Waals surface area (Å²) < 4.78 is 19.1. The van der Waals surface area contributed by atoms with Gasteiger partial charge >= 0.3 is 0 Å². The van der Waals surface area contributed by atoms with Gasteiger partial charge in [-0.25, -0.2) is 9.37 Å². The topological polar surface area (TPSA) is 86.9 Å². The number of halogens is 1. The van der Waals surface area contributed by atoms with Gasteiger partial charge in [0.25, 0.3) is 5.91 Å². The highest BCUT2D eigenvalue weighted by atomic mass is 19.1. The van der Waals surface area contributed by atoms with Crippen molar-refractivity contribution >= 4 is 27.8 Å². The molecule has 1 aliphatic rings. The number of alkyl halides is 1. The third-order valence-electron chi connectivity index (χ3n) is 7.07. The number of amides is 1. The number of hydrogen-bond donors (Lipinski definition) is 1. The minimum absolute atomic E-state index is 0.111. The zero-order valence-corrected chi connectivity index (χ0v) is 20.4. The van der Waals surface area contributed by atoms with Crippen molar-refractivity contribution in [3.63, 3.8) is 0 Å². The average Bonchev–Trinajstić information content (AvgIpc) is 3.55. The van der Waals surface area contributed by atoms with Crippen LogP contribution in [0.15, 0.2) is 54.9 Å². The molecule has 2 aromatic carbocycles. The summed E-state index contributed by atoms with van der Waals surface area (Å²) in [6.07, 6.45) is 4.61. The second kappa shape index (κ2) is 8.60. The molecule has 3 aromatic heterocycles. The normalized spacial score (nSPS) is 14.7. The number of carbonyl (C=O) groups excluding carboxylic acids is 1. The molecule has 36 heavy (non-hydrogen) atoms. The largest absolute Gasteiger partial charge is 0.337 e. The van der Waals surface area contributed by atoms with E-state index in [1.165, 1.54) is 0 Å². The van der Waals surface area contributed by atoms with Crippen molar-refractivity contribution in [3.05, 3.63) is 71.5 Å². The van der Waals surface area contributed by atoms with E-state index in [-0.39, 0.29) is 12.5 Å². The third-order valence-corrected chi connectivity index (χ3v) is 7.07. The molecule has 6 rings (SSSR count). The standard InChI is InChI=1S/C27H28FN7O/c1-32-14-17(13-30-32)15-35-23-6-4-3-5-19(23)10-25(35)26-31-22-11-21-18(9-24(22)33(26)2)7-8-34(27(21)36)16-20(29)12-28/h3-6,9-11,13-14,20H,7-8,12,15-16,29H2,1-2H3/t20-/m1/s1. The van der Waals surface area contributed by atoms with E-state index in [0.717, 1.165) is 44.6 Å². The number of benzene rings is 2. The van der Waals surface area contributed by atoms with E-state index in [4.69, 9.17) is 10.7 Å². The highest BCUT2D eigenvalue weighted by Gasteiger charge is 2.27. The second-order valence-electron chi connectivity index (χ2n) is 9.60. The Kier molecular flexibility index (Phi) is 5.37. The predicted octanol–water partition coefficient (Wildman–Crippen LogP) is 3.27. The fourth-order valence-corrected chi connectivity index (χ4v) is 5.25. The Labute approximate surface area is 207 Å². The average molecular weight is 486 g/mol. The zero-order chi connectivity index (χ0) is 25.0. The van der Waals surface area contributed by atoms with Crippen LogP contribution in [-0.2, 0) is 27.1 Å². The molecule has 0 unspecified atom stereocenters. The van der Waals surface area contributed by atoms with Gasteiger partial charge in [-0.15, -0.1) is 0 Å². The lowest BCUT2D eigenvalue weighted by Crippen LogP contribution is -2.45. The van der Waals surface area contributed by atoms with Crippen LogP contribution in [0.2, 0.25) is 0 Å². The van der Waals surface area contributed by atoms with Gasteiger partial charge in [0.2, 0.25) is 0 Å². The first-order valence-corrected chi connectivity index (χ1v) is 12.1. The van der Waals surface area contributed by atoms with Crippen LogP contribution < -0.4 is 5.73 Å². The van der Waals surface area contributed by atoms with Crippen molar-refractivity contribution < 1.29 is 9.18 Å². The maximum Gasteiger partial charge on any atom is 0.254 e. The highest BCUT2D eigenvalue weighted by molar-refractivity contribution is 6.00. The van der Waals surface area contributed by atoms with Gasteiger partial charge in [0.15, 0.2) is 5.82 Å². The lowest BCUT2D eigenvalue weighted by Gasteiger charge is -2.30. The van der Waals surface area contributed by atoms with Crippen LogP contribution in [0.1, 0.15) is 21.5 Å². The molecule has 0 saturated heterocycles. The highest BCUT2D eigenvalue weighted by Crippen LogP contribution is 2.32. The number of carbonyl (C=O) groups is 1. The fourth-order valence-electron chi connectivity index (χ4n) is 5.25. The number of rotatable bonds is 6. The minimum atomic E-state index is -0.664. The van der Waals surface area contributed by atoms with Gasteiger partial charge in [-0.1, -0.05) is 18.2 Å². The molecule has 5 aromatic rings. The van der Waals surface area contributed by atoms with Crippen LogP contribution in [0, 0.1) is 0 Å². The summed E-state index contributed by atoms with van der Waals surface area (Å²) in [6.45, 7) is 0.773. The summed E-state index contributed by atoms with van der Waals surface area (Å²) in [5.74, 6) is 0.719. The Balaban J connectivity index is 1.46. The summed E-state index contributed by atoms with van der Waals surface area (Å²) in [5.41, 5.74) is 12.3. The van der Waals surface area contributed by atoms with Gasteiger partial charge in [0.05, 0.1) is 35.5 Å². The Bertz CT molecular complexity index is 1610. The van der Waals surface area contributed by atoms with Crippen molar-refractivity contribution in [2.45, 2.75) is 19.0 Å². The fraction of sp³-hybridized carbons (Fsp3) is 0.296. The van der Waals surface area contributed by atoms with Crippen LogP contribution in [0.3, 0.4) is 0 Å². The zero-order valence-electron chi connectivity index (χ0n) is 20.4. The molecule has 2 N–H and O–H groups in total. The number of aryl methyl sites for hydroxylation is 2. The molecule has 0 aliphatic carbocycles. The van der Waals surface area contributed by atoms with E-state index in [1.54, 1.807) is 9.58 Å². The van der Waals surface area contributed by atoms with Crippen molar-refractivity contribution in [3.8, 4) is 11.5 Å². The molecule has 8 nitrogen and oxygen atoms in total. The van der Waals surface area contributed by atoms with Gasteiger partial charge in [-0.3, -0.25) is 9.48 Å². The van der Waals surface area contributed by atoms with Crippen molar-refractivity contribution in [1.29, 1.82) is 0 Å². The number of imidazole rings is 1. The van der Waals surface area contributed by atoms with Gasteiger partial charge in [-0.05, 0) is 36.2 Å². The quantitative estimate of drug-likeness (QED) is 0.400. The Morgan fingerprint density at radius 1 is 1.14 bits per heavy atom. The first-order valence-electron chi connectivity index (χ1n) is 12.1. The Morgan fingerprint density at radius 3 is 2.75 bits per heavy atom. The molecule has 1 atom stereocenters.